The maximum absolute atomic E-state index is 13.6. The van der Waals surface area contributed by atoms with E-state index in [0.29, 0.717) is 5.75 Å². The minimum absolute atomic E-state index is 0.156. The largest absolute Gasteiger partial charge is 0.497 e. The molecule has 0 saturated carbocycles. The van der Waals surface area contributed by atoms with Crippen molar-refractivity contribution in [2.24, 2.45) is 0 Å². The predicted molar refractivity (Wildman–Crippen MR) is 74.5 cm³/mol. The molecule has 6 nitrogen and oxygen atoms in total. The number of pyridine rings is 1. The number of hydrogen-bond acceptors (Lipinski definition) is 5. The normalized spacial score (nSPS) is 11.0. The Labute approximate surface area is 121 Å². The third-order valence-electron chi connectivity index (χ3n) is 2.63. The van der Waals surface area contributed by atoms with Gasteiger partial charge in [-0.2, -0.15) is 8.42 Å². The van der Waals surface area contributed by atoms with Gasteiger partial charge in [0, 0.05) is 12.3 Å². The van der Waals surface area contributed by atoms with Gasteiger partial charge in [0.15, 0.2) is 5.82 Å². The average Bonchev–Trinajstić information content (AvgIpc) is 2.47. The van der Waals surface area contributed by atoms with Crippen molar-refractivity contribution >= 4 is 15.7 Å². The summed E-state index contributed by atoms with van der Waals surface area (Å²) in [5.74, 6) is -0.189. The molecule has 0 atom stereocenters. The molecule has 0 aliphatic carbocycles. The Morgan fingerprint density at radius 2 is 1.95 bits per heavy atom. The Kier molecular flexibility index (Phi) is 4.27. The number of nitrogens with one attached hydrogen (secondary N) is 1. The summed E-state index contributed by atoms with van der Waals surface area (Å²) in [7, 11) is -1.30. The fraction of sp³-hybridized carbons (Fsp3) is 0.154. The molecule has 1 N–H and O–H groups in total. The number of hydrogen-bond donors (Lipinski definition) is 1. The van der Waals surface area contributed by atoms with E-state index in [1.807, 2.05) is 0 Å². The molecule has 2 rings (SSSR count). The second kappa shape index (κ2) is 5.96. The first-order valence-corrected chi connectivity index (χ1v) is 7.31. The lowest BCUT2D eigenvalue weighted by molar-refractivity contribution is 0.395. The molecule has 0 fully saturated rings. The van der Waals surface area contributed by atoms with Crippen LogP contribution in [0.4, 0.5) is 10.1 Å². The molecule has 0 radical (unpaired) electrons. The third-order valence-corrected chi connectivity index (χ3v) is 3.93. The summed E-state index contributed by atoms with van der Waals surface area (Å²) in [6.07, 6.45) is 1.20. The van der Waals surface area contributed by atoms with Crippen LogP contribution >= 0.6 is 0 Å². The summed E-state index contributed by atoms with van der Waals surface area (Å²) >= 11 is 0. The van der Waals surface area contributed by atoms with Crippen LogP contribution in [0.2, 0.25) is 0 Å². The molecule has 0 bridgehead atoms. The molecule has 2 aromatic rings. The summed E-state index contributed by atoms with van der Waals surface area (Å²) in [6, 6.07) is 6.84. The van der Waals surface area contributed by atoms with E-state index in [9.17, 15) is 12.8 Å². The fourth-order valence-electron chi connectivity index (χ4n) is 1.64. The Morgan fingerprint density at radius 1 is 1.19 bits per heavy atom. The Hall–Kier alpha value is -2.35. The summed E-state index contributed by atoms with van der Waals surface area (Å²) in [5, 5.41) is -0.678. The second-order valence-electron chi connectivity index (χ2n) is 3.96. The highest BCUT2D eigenvalue weighted by molar-refractivity contribution is 7.92. The molecule has 21 heavy (non-hydrogen) atoms. The Balaban J connectivity index is 2.40. The van der Waals surface area contributed by atoms with E-state index in [4.69, 9.17) is 9.47 Å². The van der Waals surface area contributed by atoms with Gasteiger partial charge in [-0.25, -0.2) is 9.37 Å². The van der Waals surface area contributed by atoms with Gasteiger partial charge in [0.25, 0.3) is 10.0 Å². The summed E-state index contributed by atoms with van der Waals surface area (Å²) in [5.41, 5.74) is 0.156. The SMILES string of the molecule is COc1ccc(NS(=O)(=O)c2ncccc2F)c(OC)c1. The minimum atomic E-state index is -4.15. The topological polar surface area (TPSA) is 77.5 Å². The number of anilines is 1. The third kappa shape index (κ3) is 3.22. The second-order valence-corrected chi connectivity index (χ2v) is 5.56. The van der Waals surface area contributed by atoms with Crippen molar-refractivity contribution in [2.45, 2.75) is 5.03 Å². The van der Waals surface area contributed by atoms with Crippen molar-refractivity contribution < 1.29 is 22.3 Å². The van der Waals surface area contributed by atoms with Gasteiger partial charge in [-0.05, 0) is 24.3 Å². The first kappa shape index (κ1) is 15.0. The predicted octanol–water partition coefficient (Wildman–Crippen LogP) is 2.04. The van der Waals surface area contributed by atoms with Crippen molar-refractivity contribution in [2.75, 3.05) is 18.9 Å². The molecule has 112 valence electrons. The molecular weight excluding hydrogens is 299 g/mol. The molecule has 1 heterocycles. The lowest BCUT2D eigenvalue weighted by atomic mass is 10.3. The van der Waals surface area contributed by atoms with Crippen molar-refractivity contribution in [1.82, 2.24) is 4.98 Å². The van der Waals surface area contributed by atoms with Gasteiger partial charge in [-0.3, -0.25) is 4.72 Å². The van der Waals surface area contributed by atoms with E-state index >= 15 is 0 Å². The first-order chi connectivity index (χ1) is 9.97. The highest BCUT2D eigenvalue weighted by atomic mass is 32.2. The number of ether oxygens (including phenoxy) is 2. The van der Waals surface area contributed by atoms with Crippen molar-refractivity contribution in [3.63, 3.8) is 0 Å². The monoisotopic (exact) mass is 312 g/mol. The van der Waals surface area contributed by atoms with E-state index in [1.54, 1.807) is 6.07 Å². The van der Waals surface area contributed by atoms with Gasteiger partial charge < -0.3 is 9.47 Å². The zero-order chi connectivity index (χ0) is 15.5. The quantitative estimate of drug-likeness (QED) is 0.914. The molecule has 0 unspecified atom stereocenters. The highest BCUT2D eigenvalue weighted by Gasteiger charge is 2.22. The van der Waals surface area contributed by atoms with E-state index < -0.39 is 20.9 Å². The van der Waals surface area contributed by atoms with Crippen molar-refractivity contribution in [3.8, 4) is 11.5 Å². The molecular formula is C13H13FN2O4S. The average molecular weight is 312 g/mol. The van der Waals surface area contributed by atoms with Crippen LogP contribution in [0.25, 0.3) is 0 Å². The zero-order valence-electron chi connectivity index (χ0n) is 11.3. The highest BCUT2D eigenvalue weighted by Crippen LogP contribution is 2.30. The van der Waals surface area contributed by atoms with Gasteiger partial charge in [-0.15, -0.1) is 0 Å². The number of aromatic nitrogens is 1. The van der Waals surface area contributed by atoms with Crippen molar-refractivity contribution in [3.05, 3.63) is 42.3 Å². The number of halogens is 1. The van der Waals surface area contributed by atoms with Crippen LogP contribution in [0.5, 0.6) is 11.5 Å². The molecule has 1 aromatic carbocycles. The molecule has 0 aliphatic rings. The standard InChI is InChI=1S/C13H13FN2O4S/c1-19-9-5-6-11(12(8-9)20-2)16-21(17,18)13-10(14)4-3-7-15-13/h3-8,16H,1-2H3. The van der Waals surface area contributed by atoms with E-state index in [1.165, 1.54) is 38.6 Å². The zero-order valence-corrected chi connectivity index (χ0v) is 12.1. The maximum Gasteiger partial charge on any atom is 0.282 e. The summed E-state index contributed by atoms with van der Waals surface area (Å²) in [6.45, 7) is 0. The van der Waals surface area contributed by atoms with Crippen LogP contribution in [-0.4, -0.2) is 27.6 Å². The number of methoxy groups -OCH3 is 2. The van der Waals surface area contributed by atoms with Crippen LogP contribution in [0.15, 0.2) is 41.6 Å². The molecule has 0 aliphatic heterocycles. The van der Waals surface area contributed by atoms with Gasteiger partial charge >= 0.3 is 0 Å². The maximum atomic E-state index is 13.6. The number of sulfonamides is 1. The van der Waals surface area contributed by atoms with Crippen LogP contribution in [0.3, 0.4) is 0 Å². The van der Waals surface area contributed by atoms with Crippen LogP contribution in [0, 0.1) is 5.82 Å². The Morgan fingerprint density at radius 3 is 2.57 bits per heavy atom. The first-order valence-electron chi connectivity index (χ1n) is 5.83. The van der Waals surface area contributed by atoms with E-state index in [0.717, 1.165) is 6.07 Å². The van der Waals surface area contributed by atoms with Gasteiger partial charge in [-0.1, -0.05) is 0 Å². The van der Waals surface area contributed by atoms with Crippen LogP contribution < -0.4 is 14.2 Å². The van der Waals surface area contributed by atoms with Gasteiger partial charge in [0.05, 0.1) is 19.9 Å². The van der Waals surface area contributed by atoms with E-state index in [-0.39, 0.29) is 11.4 Å². The minimum Gasteiger partial charge on any atom is -0.497 e. The molecule has 1 aromatic heterocycles. The van der Waals surface area contributed by atoms with Crippen LogP contribution in [0.1, 0.15) is 0 Å². The number of nitrogens with zero attached hydrogens (tertiary/aromatic N) is 1. The smallest absolute Gasteiger partial charge is 0.282 e. The van der Waals surface area contributed by atoms with Gasteiger partial charge in [0.1, 0.15) is 11.5 Å². The van der Waals surface area contributed by atoms with Crippen molar-refractivity contribution in [1.29, 1.82) is 0 Å². The summed E-state index contributed by atoms with van der Waals surface area (Å²) in [4.78, 5) is 3.54. The Bertz CT molecular complexity index is 750. The van der Waals surface area contributed by atoms with E-state index in [2.05, 4.69) is 9.71 Å². The van der Waals surface area contributed by atoms with Crippen LogP contribution in [-0.2, 0) is 10.0 Å². The fourth-order valence-corrected chi connectivity index (χ4v) is 2.72. The van der Waals surface area contributed by atoms with Gasteiger partial charge in [0.2, 0.25) is 5.03 Å². The molecule has 0 spiro atoms. The molecule has 0 amide bonds. The number of rotatable bonds is 5. The molecule has 8 heteroatoms. The molecule has 0 saturated heterocycles. The summed E-state index contributed by atoms with van der Waals surface area (Å²) < 4.78 is 50.2. The lowest BCUT2D eigenvalue weighted by Gasteiger charge is -2.12. The number of benzene rings is 1. The lowest BCUT2D eigenvalue weighted by Crippen LogP contribution is -2.16.